The van der Waals surface area contributed by atoms with Gasteiger partial charge in [-0.2, -0.15) is 0 Å². The van der Waals surface area contributed by atoms with Crippen molar-refractivity contribution in [1.29, 1.82) is 0 Å². The number of aryl methyl sites for hydroxylation is 1. The number of halogens is 1. The van der Waals surface area contributed by atoms with Crippen molar-refractivity contribution in [1.82, 2.24) is 30.6 Å². The van der Waals surface area contributed by atoms with Crippen LogP contribution in [-0.2, 0) is 77.8 Å². The number of ketones is 2. The van der Waals surface area contributed by atoms with Gasteiger partial charge in [-0.05, 0) is 81.0 Å². The van der Waals surface area contributed by atoms with Crippen LogP contribution in [0.5, 0.6) is 0 Å². The maximum atomic E-state index is 15.5. The molecule has 5 amide bonds. The molecule has 24 nitrogen and oxygen atoms in total. The lowest BCUT2D eigenvalue weighted by molar-refractivity contribution is -0.197. The first kappa shape index (κ1) is 65.3. The van der Waals surface area contributed by atoms with Crippen molar-refractivity contribution in [3.63, 3.8) is 0 Å². The van der Waals surface area contributed by atoms with Gasteiger partial charge in [-0.25, -0.2) is 14.2 Å². The molecule has 0 aliphatic carbocycles. The van der Waals surface area contributed by atoms with E-state index in [0.29, 0.717) is 57.9 Å². The third-order valence-electron chi connectivity index (χ3n) is 15.6. The van der Waals surface area contributed by atoms with Crippen molar-refractivity contribution >= 4 is 58.0 Å². The number of hydrogen-bond acceptors (Lipinski definition) is 19. The van der Waals surface area contributed by atoms with Gasteiger partial charge in [-0.15, -0.1) is 5.06 Å². The number of fused-ring (bicyclic) bond motifs is 5. The van der Waals surface area contributed by atoms with E-state index in [9.17, 15) is 68.7 Å². The fourth-order valence-corrected chi connectivity index (χ4v) is 10.4. The van der Waals surface area contributed by atoms with Crippen molar-refractivity contribution in [3.8, 4) is 11.4 Å². The number of Topliss-reactive ketones (excluding diaryl/α,β-unsaturated/α-hetero) is 2. The van der Waals surface area contributed by atoms with E-state index in [0.717, 1.165) is 16.5 Å². The summed E-state index contributed by atoms with van der Waals surface area (Å²) >= 11 is 0. The van der Waals surface area contributed by atoms with Crippen LogP contribution in [0.2, 0.25) is 0 Å². The van der Waals surface area contributed by atoms with E-state index < -0.39 is 126 Å². The number of amides is 5. The molecule has 0 radical (unpaired) electrons. The largest absolute Gasteiger partial charge is 0.490 e. The molecule has 1 saturated heterocycles. The minimum Gasteiger partial charge on any atom is -0.490 e. The molecule has 0 spiro atoms. The molecular formula is C58H77FN6O18. The number of aromatic nitrogens is 2. The van der Waals surface area contributed by atoms with Crippen LogP contribution in [0.4, 0.5) is 4.39 Å². The molecule has 0 saturated carbocycles. The summed E-state index contributed by atoms with van der Waals surface area (Å²) in [4.78, 5) is 126. The first-order chi connectivity index (χ1) is 39.3. The molecule has 0 unspecified atom stereocenters. The van der Waals surface area contributed by atoms with Gasteiger partial charge in [0.05, 0.1) is 47.8 Å². The van der Waals surface area contributed by atoms with Gasteiger partial charge in [-0.3, -0.25) is 38.4 Å². The highest BCUT2D eigenvalue weighted by atomic mass is 19.1. The summed E-state index contributed by atoms with van der Waals surface area (Å²) in [5.41, 5.74) is 2.39. The van der Waals surface area contributed by atoms with Gasteiger partial charge in [0.15, 0.2) is 5.78 Å². The second-order valence-corrected chi connectivity index (χ2v) is 21.9. The predicted molar refractivity (Wildman–Crippen MR) is 293 cm³/mol. The standard InChI is InChI=1S/C58H77FN6O18/c1-7-58(80)33(6)82-28-39-40(58)23-43-52-35(26-64(43)57(39)79)22-38-37(32(5)41(59)24-42(38)62-52)13-10-11-19-81-29-61-55(77)31(4)20-44(68)51(30(2)3)63-56(78)34(15-16-47(71)60-25-45(69)53(75)54(76)46(70)27-66)21-36(67)12-8-9-14-50(74)83-65-48(72)17-18-49(65)73/h22-24,30-31,34,45-46,51,53-54,66,69-70,75-76,80H,6-21,25-29H2,1-5H3,(H,60,71)(H,61,77)(H,63,78)/t31-,34-,45+,46-,51+,53-,54-,58-/m1/s1. The molecule has 0 bridgehead atoms. The number of aliphatic hydroxyl groups excluding tert-OH is 5. The SMILES string of the molecule is C=C1OCc2c(cc3n(c2=O)Cc2cc4c(CCCCOCNC(=O)[C@H](C)CC(=O)[C@@H](NC(=O)[C@H](CCC(=O)NC[C@H](O)[C@@H](O)[C@H](O)[C@H](O)CO)CC(=O)CCCCC(=O)ON5C(=O)CCC5=O)C(C)C)c(C)c(F)cc4nc2-3)[C@@]1(O)CC. The average Bonchev–Trinajstić information content (AvgIpc) is 2.36. The summed E-state index contributed by atoms with van der Waals surface area (Å²) in [5, 5.41) is 69.3. The lowest BCUT2D eigenvalue weighted by Gasteiger charge is -2.35. The van der Waals surface area contributed by atoms with Gasteiger partial charge in [0.1, 0.15) is 54.6 Å². The van der Waals surface area contributed by atoms with Crippen molar-refractivity contribution in [2.45, 2.75) is 174 Å². The molecule has 1 fully saturated rings. The molecule has 9 N–H and O–H groups in total. The Balaban J connectivity index is 0.984. The third kappa shape index (κ3) is 15.9. The summed E-state index contributed by atoms with van der Waals surface area (Å²) in [6.07, 6.45) is -7.13. The molecular weight excluding hydrogens is 1090 g/mol. The average molecular weight is 1170 g/mol. The van der Waals surface area contributed by atoms with Gasteiger partial charge in [0.25, 0.3) is 17.4 Å². The number of rotatable bonds is 32. The normalized spacial score (nSPS) is 18.1. The highest BCUT2D eigenvalue weighted by Gasteiger charge is 2.42. The molecule has 25 heteroatoms. The van der Waals surface area contributed by atoms with Gasteiger partial charge in [-0.1, -0.05) is 34.3 Å². The Morgan fingerprint density at radius 1 is 0.892 bits per heavy atom. The molecule has 3 aromatic rings. The molecule has 8 atom stereocenters. The Labute approximate surface area is 478 Å². The molecule has 3 aliphatic heterocycles. The van der Waals surface area contributed by atoms with Crippen molar-refractivity contribution in [3.05, 3.63) is 74.5 Å². The van der Waals surface area contributed by atoms with Crippen LogP contribution in [0.15, 0.2) is 35.3 Å². The van der Waals surface area contributed by atoms with Crippen molar-refractivity contribution < 1.29 is 87.7 Å². The molecule has 5 heterocycles. The monoisotopic (exact) mass is 1160 g/mol. The van der Waals surface area contributed by atoms with Crippen LogP contribution >= 0.6 is 0 Å². The van der Waals surface area contributed by atoms with Crippen molar-refractivity contribution in [2.24, 2.45) is 17.8 Å². The van der Waals surface area contributed by atoms with Crippen LogP contribution in [0, 0.1) is 30.5 Å². The zero-order valence-electron chi connectivity index (χ0n) is 47.5. The first-order valence-corrected chi connectivity index (χ1v) is 28.1. The molecule has 3 aliphatic rings. The van der Waals surface area contributed by atoms with Gasteiger partial charge >= 0.3 is 5.97 Å². The summed E-state index contributed by atoms with van der Waals surface area (Å²) < 4.78 is 28.4. The second-order valence-electron chi connectivity index (χ2n) is 21.9. The second kappa shape index (κ2) is 29.1. The maximum Gasteiger partial charge on any atom is 0.333 e. The van der Waals surface area contributed by atoms with Crippen LogP contribution < -0.4 is 21.5 Å². The number of nitrogens with one attached hydrogen (secondary N) is 3. The molecule has 83 heavy (non-hydrogen) atoms. The molecule has 2 aromatic heterocycles. The maximum absolute atomic E-state index is 15.5. The number of ether oxygens (including phenoxy) is 2. The lowest BCUT2D eigenvalue weighted by atomic mass is 9.84. The summed E-state index contributed by atoms with van der Waals surface area (Å²) in [6.45, 7) is 11.0. The Hall–Kier alpha value is -6.87. The Morgan fingerprint density at radius 3 is 2.25 bits per heavy atom. The quantitative estimate of drug-likeness (QED) is 0.0191. The third-order valence-corrected chi connectivity index (χ3v) is 15.6. The van der Waals surface area contributed by atoms with Crippen LogP contribution in [0.1, 0.15) is 139 Å². The van der Waals surface area contributed by atoms with Crippen LogP contribution in [0.25, 0.3) is 22.3 Å². The van der Waals surface area contributed by atoms with Gasteiger partial charge in [0, 0.05) is 92.5 Å². The van der Waals surface area contributed by atoms with Crippen LogP contribution in [-0.4, -0.2) is 149 Å². The predicted octanol–water partition coefficient (Wildman–Crippen LogP) is 1.74. The van der Waals surface area contributed by atoms with E-state index in [2.05, 4.69) is 22.5 Å². The smallest absolute Gasteiger partial charge is 0.333 e. The number of hydrogen-bond donors (Lipinski definition) is 9. The van der Waals surface area contributed by atoms with E-state index in [1.807, 2.05) is 6.07 Å². The van der Waals surface area contributed by atoms with Gasteiger partial charge in [0.2, 0.25) is 17.7 Å². The molecule has 454 valence electrons. The summed E-state index contributed by atoms with van der Waals surface area (Å²) in [6, 6.07) is 3.95. The minimum atomic E-state index is -1.95. The number of carbonyl (C=O) groups excluding carboxylic acids is 8. The Morgan fingerprint density at radius 2 is 1.58 bits per heavy atom. The molecule has 1 aromatic carbocycles. The van der Waals surface area contributed by atoms with E-state index in [1.54, 1.807) is 38.3 Å². The summed E-state index contributed by atoms with van der Waals surface area (Å²) in [5.74, 6) is -7.86. The van der Waals surface area contributed by atoms with E-state index >= 15 is 4.39 Å². The minimum absolute atomic E-state index is 0.0187. The van der Waals surface area contributed by atoms with Crippen LogP contribution in [0.3, 0.4) is 0 Å². The lowest BCUT2D eigenvalue weighted by Crippen LogP contribution is -2.49. The number of unbranched alkanes of at least 4 members (excludes halogenated alkanes) is 2. The van der Waals surface area contributed by atoms with E-state index in [1.165, 1.54) is 13.0 Å². The first-order valence-electron chi connectivity index (χ1n) is 28.1. The number of pyridine rings is 2. The van der Waals surface area contributed by atoms with Gasteiger partial charge < -0.3 is 65.5 Å². The fourth-order valence-electron chi connectivity index (χ4n) is 10.4. The topological polar surface area (TPSA) is 360 Å². The fraction of sp³-hybridized carbons (Fsp3) is 0.586. The zero-order valence-corrected chi connectivity index (χ0v) is 47.5. The Kier molecular flexibility index (Phi) is 22.9. The number of hydroxylamine groups is 2. The number of carbonyl (C=O) groups is 8. The zero-order chi connectivity index (χ0) is 61.0. The summed E-state index contributed by atoms with van der Waals surface area (Å²) in [7, 11) is 0. The number of aliphatic hydroxyl groups is 6. The van der Waals surface area contributed by atoms with E-state index in [4.69, 9.17) is 24.4 Å². The highest BCUT2D eigenvalue weighted by Crippen LogP contribution is 2.42. The highest BCUT2D eigenvalue weighted by molar-refractivity contribution is 6.01. The number of nitrogens with zero attached hydrogens (tertiary/aromatic N) is 3. The molecule has 6 rings (SSSR count). The van der Waals surface area contributed by atoms with E-state index in [-0.39, 0.29) is 102 Å². The number of benzene rings is 1. The Bertz CT molecular complexity index is 3000. The van der Waals surface area contributed by atoms with Crippen molar-refractivity contribution in [2.75, 3.05) is 26.5 Å². The number of imide groups is 1.